The predicted molar refractivity (Wildman–Crippen MR) is 96.6 cm³/mol. The molecular weight excluding hydrogens is 360 g/mol. The molecule has 0 N–H and O–H groups in total. The number of carbonyl (C=O) groups excluding carboxylic acids is 1. The standard InChI is InChI=1S/C16H12N4OS3/c21-7-10-13(19-16-20(10)5-6-22-16)24-15-12-9-3-1-2-4-11(9)23-14(12)17-8-18-15/h5-8H,1-4H2. The maximum Gasteiger partial charge on any atom is 0.195 e. The third-order valence-corrected chi connectivity index (χ3v) is 7.24. The molecule has 0 atom stereocenters. The van der Waals surface area contributed by atoms with Crippen LogP contribution in [0.2, 0.25) is 0 Å². The van der Waals surface area contributed by atoms with E-state index in [9.17, 15) is 4.79 Å². The van der Waals surface area contributed by atoms with E-state index in [0.29, 0.717) is 10.7 Å². The van der Waals surface area contributed by atoms with Crippen molar-refractivity contribution in [3.8, 4) is 0 Å². The summed E-state index contributed by atoms with van der Waals surface area (Å²) in [7, 11) is 0. The van der Waals surface area contributed by atoms with Crippen LogP contribution in [0.5, 0.6) is 0 Å². The van der Waals surface area contributed by atoms with E-state index >= 15 is 0 Å². The van der Waals surface area contributed by atoms with Crippen molar-refractivity contribution in [1.29, 1.82) is 0 Å². The van der Waals surface area contributed by atoms with Crippen molar-refractivity contribution in [2.45, 2.75) is 35.7 Å². The summed E-state index contributed by atoms with van der Waals surface area (Å²) in [6.07, 6.45) is 9.07. The second-order valence-corrected chi connectivity index (χ2v) is 8.58. The van der Waals surface area contributed by atoms with Gasteiger partial charge in [0, 0.05) is 21.8 Å². The van der Waals surface area contributed by atoms with Gasteiger partial charge in [-0.05, 0) is 43.0 Å². The van der Waals surface area contributed by atoms with E-state index in [0.717, 1.165) is 39.3 Å². The Kier molecular flexibility index (Phi) is 3.43. The summed E-state index contributed by atoms with van der Waals surface area (Å²) < 4.78 is 1.83. The summed E-state index contributed by atoms with van der Waals surface area (Å²) in [5.41, 5.74) is 1.99. The lowest BCUT2D eigenvalue weighted by Gasteiger charge is -2.11. The molecule has 1 aliphatic carbocycles. The first-order valence-corrected chi connectivity index (χ1v) is 10.2. The molecule has 0 fully saturated rings. The van der Waals surface area contributed by atoms with Crippen molar-refractivity contribution in [2.24, 2.45) is 0 Å². The zero-order valence-electron chi connectivity index (χ0n) is 12.6. The third kappa shape index (κ3) is 2.13. The minimum Gasteiger partial charge on any atom is -0.296 e. The maximum atomic E-state index is 11.5. The number of hydrogen-bond acceptors (Lipinski definition) is 7. The van der Waals surface area contributed by atoms with Gasteiger partial charge in [0.1, 0.15) is 26.9 Å². The van der Waals surface area contributed by atoms with Crippen molar-refractivity contribution in [1.82, 2.24) is 19.4 Å². The van der Waals surface area contributed by atoms with Gasteiger partial charge in [-0.25, -0.2) is 15.0 Å². The van der Waals surface area contributed by atoms with Crippen LogP contribution in [-0.2, 0) is 12.8 Å². The normalized spacial score (nSPS) is 14.3. The Labute approximate surface area is 149 Å². The smallest absolute Gasteiger partial charge is 0.195 e. The number of carbonyl (C=O) groups is 1. The van der Waals surface area contributed by atoms with Gasteiger partial charge >= 0.3 is 0 Å². The monoisotopic (exact) mass is 372 g/mol. The first-order chi connectivity index (χ1) is 11.8. The van der Waals surface area contributed by atoms with E-state index in [2.05, 4.69) is 15.0 Å². The first-order valence-electron chi connectivity index (χ1n) is 7.69. The van der Waals surface area contributed by atoms with E-state index in [1.165, 1.54) is 46.4 Å². The summed E-state index contributed by atoms with van der Waals surface area (Å²) >= 11 is 4.78. The largest absolute Gasteiger partial charge is 0.296 e. The average molecular weight is 373 g/mol. The van der Waals surface area contributed by atoms with Gasteiger partial charge < -0.3 is 0 Å². The van der Waals surface area contributed by atoms with Crippen LogP contribution in [0.25, 0.3) is 15.2 Å². The van der Waals surface area contributed by atoms with Gasteiger partial charge in [-0.3, -0.25) is 9.20 Å². The van der Waals surface area contributed by atoms with Crippen molar-refractivity contribution in [3.63, 3.8) is 0 Å². The lowest BCUT2D eigenvalue weighted by atomic mass is 9.97. The van der Waals surface area contributed by atoms with Crippen LogP contribution in [0.15, 0.2) is 28.0 Å². The molecule has 0 saturated carbocycles. The number of aryl methyl sites for hydroxylation is 2. The zero-order valence-corrected chi connectivity index (χ0v) is 15.0. The van der Waals surface area contributed by atoms with Gasteiger partial charge in [0.2, 0.25) is 0 Å². The van der Waals surface area contributed by atoms with E-state index in [-0.39, 0.29) is 0 Å². The highest BCUT2D eigenvalue weighted by Gasteiger charge is 2.22. The highest BCUT2D eigenvalue weighted by molar-refractivity contribution is 7.99. The van der Waals surface area contributed by atoms with Gasteiger partial charge in [0.25, 0.3) is 0 Å². The SMILES string of the molecule is O=Cc1c(Sc2ncnc3sc4c(c23)CCCC4)nc2sccn12. The Bertz CT molecular complexity index is 1080. The van der Waals surface area contributed by atoms with Gasteiger partial charge in [-0.1, -0.05) is 0 Å². The molecule has 4 heterocycles. The van der Waals surface area contributed by atoms with Crippen LogP contribution in [0.1, 0.15) is 33.8 Å². The van der Waals surface area contributed by atoms with Crippen LogP contribution in [-0.4, -0.2) is 25.6 Å². The number of hydrogen-bond donors (Lipinski definition) is 0. The number of thiophene rings is 1. The lowest BCUT2D eigenvalue weighted by molar-refractivity contribution is 0.111. The van der Waals surface area contributed by atoms with E-state index < -0.39 is 0 Å². The minimum absolute atomic E-state index is 0.590. The number of aldehydes is 1. The highest BCUT2D eigenvalue weighted by atomic mass is 32.2. The van der Waals surface area contributed by atoms with E-state index in [1.807, 2.05) is 16.0 Å². The lowest BCUT2D eigenvalue weighted by Crippen LogP contribution is -1.99. The molecule has 0 bridgehead atoms. The molecule has 0 spiro atoms. The summed E-state index contributed by atoms with van der Waals surface area (Å²) in [5, 5.41) is 4.72. The molecule has 1 aliphatic rings. The maximum absolute atomic E-state index is 11.5. The van der Waals surface area contributed by atoms with Crippen LogP contribution in [0, 0.1) is 0 Å². The summed E-state index contributed by atoms with van der Waals surface area (Å²) in [5.74, 6) is 0. The van der Waals surface area contributed by atoms with Crippen molar-refractivity contribution in [3.05, 3.63) is 34.0 Å². The zero-order chi connectivity index (χ0) is 16.1. The van der Waals surface area contributed by atoms with Gasteiger partial charge in [0.15, 0.2) is 11.2 Å². The van der Waals surface area contributed by atoms with Crippen LogP contribution in [0.3, 0.4) is 0 Å². The Hall–Kier alpha value is -1.77. The fourth-order valence-electron chi connectivity index (χ4n) is 3.20. The summed E-state index contributed by atoms with van der Waals surface area (Å²) in [6.45, 7) is 0. The molecule has 5 rings (SSSR count). The fourth-order valence-corrected chi connectivity index (χ4v) is 6.26. The molecule has 0 unspecified atom stereocenters. The first kappa shape index (κ1) is 14.6. The molecule has 8 heteroatoms. The van der Waals surface area contributed by atoms with Crippen LogP contribution < -0.4 is 0 Å². The molecule has 0 amide bonds. The second-order valence-electron chi connectivity index (χ2n) is 5.65. The number of fused-ring (bicyclic) bond motifs is 4. The summed E-state index contributed by atoms with van der Waals surface area (Å²) in [4.78, 5) is 28.4. The van der Waals surface area contributed by atoms with Gasteiger partial charge in [0.05, 0.1) is 0 Å². The Morgan fingerprint density at radius 2 is 2.12 bits per heavy atom. The number of aromatic nitrogens is 4. The molecule has 120 valence electrons. The molecule has 0 aliphatic heterocycles. The van der Waals surface area contributed by atoms with Gasteiger partial charge in [-0.2, -0.15) is 0 Å². The Morgan fingerprint density at radius 1 is 1.21 bits per heavy atom. The number of imidazole rings is 1. The fraction of sp³-hybridized carbons (Fsp3) is 0.250. The quantitative estimate of drug-likeness (QED) is 0.398. The van der Waals surface area contributed by atoms with Crippen molar-refractivity contribution >= 4 is 55.9 Å². The second kappa shape index (κ2) is 5.65. The summed E-state index contributed by atoms with van der Waals surface area (Å²) in [6, 6.07) is 0. The van der Waals surface area contributed by atoms with Crippen LogP contribution >= 0.6 is 34.4 Å². The van der Waals surface area contributed by atoms with Crippen molar-refractivity contribution in [2.75, 3.05) is 0 Å². The highest BCUT2D eigenvalue weighted by Crippen LogP contribution is 2.41. The number of rotatable bonds is 3. The molecule has 0 saturated heterocycles. The Balaban J connectivity index is 1.67. The third-order valence-electron chi connectivity index (χ3n) is 4.29. The molecule has 0 aromatic carbocycles. The molecule has 4 aromatic rings. The minimum atomic E-state index is 0.590. The molecule has 4 aromatic heterocycles. The number of thiazole rings is 1. The molecule has 5 nitrogen and oxygen atoms in total. The van der Waals surface area contributed by atoms with Crippen molar-refractivity contribution < 1.29 is 4.79 Å². The van der Waals surface area contributed by atoms with E-state index in [1.54, 1.807) is 17.7 Å². The van der Waals surface area contributed by atoms with Crippen LogP contribution in [0.4, 0.5) is 0 Å². The average Bonchev–Trinajstić information content (AvgIpc) is 3.26. The van der Waals surface area contributed by atoms with E-state index in [4.69, 9.17) is 0 Å². The molecule has 24 heavy (non-hydrogen) atoms. The topological polar surface area (TPSA) is 60.2 Å². The van der Waals surface area contributed by atoms with Gasteiger partial charge in [-0.15, -0.1) is 22.7 Å². The number of nitrogens with zero attached hydrogens (tertiary/aromatic N) is 4. The predicted octanol–water partition coefficient (Wildman–Crippen LogP) is 4.24. The molecular formula is C16H12N4OS3. The molecule has 0 radical (unpaired) electrons. The Morgan fingerprint density at radius 3 is 3.04 bits per heavy atom.